The van der Waals surface area contributed by atoms with Crippen molar-refractivity contribution in [1.82, 2.24) is 25.5 Å². The Morgan fingerprint density at radius 1 is 1.52 bits per heavy atom. The normalized spacial score (nSPS) is 18.6. The van der Waals surface area contributed by atoms with E-state index in [-0.39, 0.29) is 5.97 Å². The van der Waals surface area contributed by atoms with Gasteiger partial charge in [-0.25, -0.2) is 4.68 Å². The highest BCUT2D eigenvalue weighted by molar-refractivity contribution is 7.99. The summed E-state index contributed by atoms with van der Waals surface area (Å²) in [6, 6.07) is 0.429. The molecule has 1 aromatic rings. The van der Waals surface area contributed by atoms with Crippen LogP contribution in [0.2, 0.25) is 0 Å². The quantitative estimate of drug-likeness (QED) is 0.602. The van der Waals surface area contributed by atoms with Crippen LogP contribution in [-0.2, 0) is 9.53 Å². The number of thioether (sulfide) groups is 1. The summed E-state index contributed by atoms with van der Waals surface area (Å²) in [6.07, 6.45) is 5.44. The number of rotatable bonds is 7. The van der Waals surface area contributed by atoms with E-state index in [1.165, 1.54) is 20.0 Å². The molecule has 1 aromatic heterocycles. The molecule has 2 rings (SSSR count). The molecule has 0 spiro atoms. The predicted molar refractivity (Wildman–Crippen MR) is 80.1 cm³/mol. The van der Waals surface area contributed by atoms with Gasteiger partial charge in [0.2, 0.25) is 5.16 Å². The van der Waals surface area contributed by atoms with Crippen LogP contribution >= 0.6 is 11.8 Å². The lowest BCUT2D eigenvalue weighted by Gasteiger charge is -2.25. The van der Waals surface area contributed by atoms with Gasteiger partial charge in [0.15, 0.2) is 0 Å². The first-order valence-electron chi connectivity index (χ1n) is 7.28. The number of esters is 1. The Hall–Kier alpha value is -1.15. The lowest BCUT2D eigenvalue weighted by atomic mass is 10.00. The van der Waals surface area contributed by atoms with Crippen LogP contribution in [0.5, 0.6) is 0 Å². The van der Waals surface area contributed by atoms with Gasteiger partial charge < -0.3 is 10.1 Å². The van der Waals surface area contributed by atoms with E-state index >= 15 is 0 Å². The highest BCUT2D eigenvalue weighted by atomic mass is 32.2. The summed E-state index contributed by atoms with van der Waals surface area (Å²) in [7, 11) is 3.18. The smallest absolute Gasteiger partial charge is 0.325 e. The fourth-order valence-corrected chi connectivity index (χ4v) is 3.66. The van der Waals surface area contributed by atoms with Gasteiger partial charge in [-0.2, -0.15) is 0 Å². The number of hydrogen-bond donors (Lipinski definition) is 1. The lowest BCUT2D eigenvalue weighted by molar-refractivity contribution is -0.147. The maximum Gasteiger partial charge on any atom is 0.325 e. The minimum atomic E-state index is -0.673. The van der Waals surface area contributed by atoms with E-state index in [2.05, 4.69) is 20.8 Å². The zero-order chi connectivity index (χ0) is 15.3. The highest BCUT2D eigenvalue weighted by Crippen LogP contribution is 2.31. The first kappa shape index (κ1) is 16.2. The van der Waals surface area contributed by atoms with E-state index in [1.54, 1.807) is 18.8 Å². The predicted octanol–water partition coefficient (Wildman–Crippen LogP) is 1.42. The van der Waals surface area contributed by atoms with Crippen LogP contribution in [-0.4, -0.2) is 51.6 Å². The average Bonchev–Trinajstić information content (AvgIpc) is 3.16. The largest absolute Gasteiger partial charge is 0.468 e. The summed E-state index contributed by atoms with van der Waals surface area (Å²) in [5, 5.41) is 15.9. The summed E-state index contributed by atoms with van der Waals surface area (Å²) in [4.78, 5) is 11.8. The zero-order valence-electron chi connectivity index (χ0n) is 12.8. The third kappa shape index (κ3) is 3.74. The van der Waals surface area contributed by atoms with Crippen molar-refractivity contribution in [2.45, 2.75) is 55.8 Å². The first-order chi connectivity index (χ1) is 10.1. The molecule has 1 saturated carbocycles. The van der Waals surface area contributed by atoms with Crippen molar-refractivity contribution < 1.29 is 9.53 Å². The number of likely N-dealkylation sites (N-methyl/N-ethyl adjacent to an activating group) is 1. The van der Waals surface area contributed by atoms with Crippen LogP contribution in [0, 0.1) is 0 Å². The molecule has 1 aliphatic rings. The third-order valence-electron chi connectivity index (χ3n) is 4.15. The van der Waals surface area contributed by atoms with Gasteiger partial charge in [-0.3, -0.25) is 4.79 Å². The topological polar surface area (TPSA) is 81.9 Å². The van der Waals surface area contributed by atoms with Gasteiger partial charge in [-0.15, -0.1) is 5.10 Å². The molecule has 0 aliphatic heterocycles. The molecular weight excluding hydrogens is 290 g/mol. The van der Waals surface area contributed by atoms with Crippen LogP contribution in [0.3, 0.4) is 0 Å². The minimum Gasteiger partial charge on any atom is -0.468 e. The second-order valence-electron chi connectivity index (χ2n) is 5.52. The van der Waals surface area contributed by atoms with Crippen molar-refractivity contribution >= 4 is 17.7 Å². The fraction of sp³-hybridized carbons (Fsp3) is 0.846. The summed E-state index contributed by atoms with van der Waals surface area (Å²) in [5.41, 5.74) is -0.673. The molecular formula is C13H23N5O2S. The number of methoxy groups -OCH3 is 1. The lowest BCUT2D eigenvalue weighted by Crippen LogP contribution is -2.48. The van der Waals surface area contributed by atoms with Gasteiger partial charge in [0.05, 0.1) is 13.2 Å². The highest BCUT2D eigenvalue weighted by Gasteiger charge is 2.32. The van der Waals surface area contributed by atoms with Crippen molar-refractivity contribution in [3.8, 4) is 0 Å². The number of ether oxygens (including phenoxy) is 1. The maximum atomic E-state index is 11.8. The van der Waals surface area contributed by atoms with Crippen LogP contribution in [0.4, 0.5) is 0 Å². The van der Waals surface area contributed by atoms with E-state index in [9.17, 15) is 4.79 Å². The number of aromatic nitrogens is 4. The van der Waals surface area contributed by atoms with Gasteiger partial charge in [0.25, 0.3) is 0 Å². The molecule has 0 saturated heterocycles. The number of nitrogens with one attached hydrogen (secondary N) is 1. The van der Waals surface area contributed by atoms with E-state index in [4.69, 9.17) is 4.74 Å². The Kier molecular flexibility index (Phi) is 5.58. The Labute approximate surface area is 129 Å². The van der Waals surface area contributed by atoms with Gasteiger partial charge >= 0.3 is 5.97 Å². The maximum absolute atomic E-state index is 11.8. The fourth-order valence-electron chi connectivity index (χ4n) is 2.56. The molecule has 8 heteroatoms. The van der Waals surface area contributed by atoms with E-state index in [0.717, 1.165) is 23.8 Å². The Balaban J connectivity index is 1.91. The van der Waals surface area contributed by atoms with Crippen molar-refractivity contribution in [3.05, 3.63) is 0 Å². The summed E-state index contributed by atoms with van der Waals surface area (Å²) in [5.74, 6) is 0.500. The third-order valence-corrected chi connectivity index (χ3v) is 5.09. The van der Waals surface area contributed by atoms with Crippen LogP contribution in [0.25, 0.3) is 0 Å². The summed E-state index contributed by atoms with van der Waals surface area (Å²) >= 11 is 1.59. The zero-order valence-corrected chi connectivity index (χ0v) is 13.7. The van der Waals surface area contributed by atoms with Gasteiger partial charge in [-0.05, 0) is 43.7 Å². The summed E-state index contributed by atoms with van der Waals surface area (Å²) in [6.45, 7) is 1.85. The molecule has 1 fully saturated rings. The van der Waals surface area contributed by atoms with E-state index in [0.29, 0.717) is 12.5 Å². The average molecular weight is 313 g/mol. The molecule has 0 bridgehead atoms. The second-order valence-corrected chi connectivity index (χ2v) is 6.58. The Bertz CT molecular complexity index is 475. The van der Waals surface area contributed by atoms with Crippen molar-refractivity contribution in [2.24, 2.45) is 0 Å². The van der Waals surface area contributed by atoms with Gasteiger partial charge in [0.1, 0.15) is 5.54 Å². The van der Waals surface area contributed by atoms with Gasteiger partial charge in [0, 0.05) is 5.75 Å². The molecule has 0 aromatic carbocycles. The Morgan fingerprint density at radius 3 is 2.86 bits per heavy atom. The van der Waals surface area contributed by atoms with E-state index < -0.39 is 5.54 Å². The molecule has 118 valence electrons. The van der Waals surface area contributed by atoms with Crippen molar-refractivity contribution in [3.63, 3.8) is 0 Å². The molecule has 1 aliphatic carbocycles. The molecule has 1 atom stereocenters. The SMILES string of the molecule is CNC(C)(CCSc1nnnn1C1CCCC1)C(=O)OC. The van der Waals surface area contributed by atoms with Crippen molar-refractivity contribution in [2.75, 3.05) is 19.9 Å². The second kappa shape index (κ2) is 7.22. The first-order valence-corrected chi connectivity index (χ1v) is 8.27. The number of hydrogen-bond acceptors (Lipinski definition) is 7. The molecule has 1 N–H and O–H groups in total. The molecule has 0 amide bonds. The standard InChI is InChI=1S/C13H23N5O2S/c1-13(14-2,11(19)20-3)8-9-21-12-15-16-17-18(12)10-6-4-5-7-10/h10,14H,4-9H2,1-3H3. The van der Waals surface area contributed by atoms with Crippen LogP contribution < -0.4 is 5.32 Å². The molecule has 1 unspecified atom stereocenters. The number of tetrazole rings is 1. The van der Waals surface area contributed by atoms with Crippen LogP contribution in [0.15, 0.2) is 5.16 Å². The van der Waals surface area contributed by atoms with Gasteiger partial charge in [-0.1, -0.05) is 24.6 Å². The number of nitrogens with zero attached hydrogens (tertiary/aromatic N) is 4. The Morgan fingerprint density at radius 2 is 2.24 bits per heavy atom. The minimum absolute atomic E-state index is 0.249. The van der Waals surface area contributed by atoms with Crippen molar-refractivity contribution in [1.29, 1.82) is 0 Å². The van der Waals surface area contributed by atoms with Crippen LogP contribution in [0.1, 0.15) is 45.1 Å². The molecule has 7 nitrogen and oxygen atoms in total. The molecule has 0 radical (unpaired) electrons. The summed E-state index contributed by atoms with van der Waals surface area (Å²) < 4.78 is 6.78. The molecule has 1 heterocycles. The monoisotopic (exact) mass is 313 g/mol. The number of carbonyl (C=O) groups excluding carboxylic acids is 1. The number of carbonyl (C=O) groups is 1. The molecule has 21 heavy (non-hydrogen) atoms. The van der Waals surface area contributed by atoms with E-state index in [1.807, 2.05) is 11.6 Å².